The quantitative estimate of drug-likeness (QED) is 0.225. The lowest BCUT2D eigenvalue weighted by Gasteiger charge is -2.19. The number of hydrogen-bond acceptors (Lipinski definition) is 4. The smallest absolute Gasteiger partial charge is 0.607 e. The highest BCUT2D eigenvalue weighted by Crippen LogP contribution is 2.28. The average Bonchev–Trinajstić information content (AvgIpc) is 2.93. The number of fused-ring (bicyclic) bond motifs is 2. The van der Waals surface area contributed by atoms with E-state index in [-0.39, 0.29) is 0 Å². The molecule has 0 N–H and O–H groups in total. The van der Waals surface area contributed by atoms with Crippen LogP contribution in [0.4, 0.5) is 0 Å². The van der Waals surface area contributed by atoms with Gasteiger partial charge in [-0.25, -0.2) is 9.97 Å². The maximum absolute atomic E-state index is 6.75. The SMILES string of the molecule is Cc1ccc2cccc([O][Al]([O]c3cccc4ccc(C)nc34)[c]3ccc(C4=CC(C)CC=C4)cc3)c2n1. The van der Waals surface area contributed by atoms with E-state index in [1.807, 2.05) is 50.2 Å². The predicted molar refractivity (Wildman–Crippen MR) is 157 cm³/mol. The molecule has 0 radical (unpaired) electrons. The Balaban J connectivity index is 1.41. The number of aryl methyl sites for hydroxylation is 2. The van der Waals surface area contributed by atoms with Crippen molar-refractivity contribution >= 4 is 46.6 Å². The van der Waals surface area contributed by atoms with Gasteiger partial charge in [0.05, 0.1) is 0 Å². The molecule has 1 atom stereocenters. The van der Waals surface area contributed by atoms with Gasteiger partial charge in [0.15, 0.2) is 0 Å². The van der Waals surface area contributed by atoms with Gasteiger partial charge in [-0.3, -0.25) is 0 Å². The Hall–Kier alpha value is -3.91. The molecule has 0 spiro atoms. The first kappa shape index (κ1) is 24.4. The predicted octanol–water partition coefficient (Wildman–Crippen LogP) is 7.23. The maximum Gasteiger partial charge on any atom is 0.901 e. The minimum absolute atomic E-state index is 0.549. The molecule has 2 aromatic heterocycles. The summed E-state index contributed by atoms with van der Waals surface area (Å²) in [5, 5.41) is 2.09. The van der Waals surface area contributed by atoms with Crippen LogP contribution in [0.3, 0.4) is 0 Å². The van der Waals surface area contributed by atoms with Crippen LogP contribution in [0.5, 0.6) is 11.5 Å². The third kappa shape index (κ3) is 5.09. The molecular weight excluding hydrogens is 483 g/mol. The molecule has 38 heavy (non-hydrogen) atoms. The Morgan fingerprint density at radius 1 is 0.711 bits per heavy atom. The van der Waals surface area contributed by atoms with E-state index in [1.54, 1.807) is 0 Å². The van der Waals surface area contributed by atoms with Crippen LogP contribution in [0.25, 0.3) is 27.4 Å². The first-order chi connectivity index (χ1) is 18.5. The van der Waals surface area contributed by atoms with Gasteiger partial charge in [-0.1, -0.05) is 85.8 Å². The fraction of sp³-hybridized carbons (Fsp3) is 0.152. The zero-order chi connectivity index (χ0) is 26.1. The van der Waals surface area contributed by atoms with Crippen LogP contribution in [-0.4, -0.2) is 24.8 Å². The maximum atomic E-state index is 6.75. The van der Waals surface area contributed by atoms with E-state index in [0.717, 1.165) is 55.5 Å². The number of hydrogen-bond donors (Lipinski definition) is 0. The fourth-order valence-electron chi connectivity index (χ4n) is 4.88. The summed E-state index contributed by atoms with van der Waals surface area (Å²) in [4.78, 5) is 9.58. The van der Waals surface area contributed by atoms with Crippen molar-refractivity contribution in [1.82, 2.24) is 9.97 Å². The molecule has 0 saturated heterocycles. The Morgan fingerprint density at radius 2 is 1.29 bits per heavy atom. The fourth-order valence-corrected chi connectivity index (χ4v) is 6.55. The molecule has 4 nitrogen and oxygen atoms in total. The van der Waals surface area contributed by atoms with Gasteiger partial charge in [-0.2, -0.15) is 0 Å². The van der Waals surface area contributed by atoms with E-state index in [2.05, 4.69) is 73.7 Å². The summed E-state index contributed by atoms with van der Waals surface area (Å²) in [6.07, 6.45) is 7.90. The average molecular weight is 513 g/mol. The highest BCUT2D eigenvalue weighted by molar-refractivity contribution is 6.63. The highest BCUT2D eigenvalue weighted by atomic mass is 27.2. The number of para-hydroxylation sites is 2. The van der Waals surface area contributed by atoms with Gasteiger partial charge >= 0.3 is 14.8 Å². The Morgan fingerprint density at radius 3 is 1.84 bits per heavy atom. The number of benzene rings is 3. The molecule has 0 bridgehead atoms. The number of nitrogens with zero attached hydrogens (tertiary/aromatic N) is 2. The molecule has 186 valence electrons. The molecular formula is C33H29AlN2O2. The molecule has 0 amide bonds. The van der Waals surface area contributed by atoms with Gasteiger partial charge in [0.25, 0.3) is 0 Å². The molecule has 0 saturated carbocycles. The minimum Gasteiger partial charge on any atom is -0.607 e. The lowest BCUT2D eigenvalue weighted by molar-refractivity contribution is 0.443. The largest absolute Gasteiger partial charge is 0.901 e. The Labute approximate surface area is 228 Å². The third-order valence-electron chi connectivity index (χ3n) is 6.90. The monoisotopic (exact) mass is 512 g/mol. The van der Waals surface area contributed by atoms with Crippen molar-refractivity contribution in [1.29, 1.82) is 0 Å². The molecule has 1 aliphatic carbocycles. The molecule has 5 aromatic rings. The van der Waals surface area contributed by atoms with Crippen molar-refractivity contribution in [3.63, 3.8) is 0 Å². The van der Waals surface area contributed by atoms with Crippen LogP contribution >= 0.6 is 0 Å². The second kappa shape index (κ2) is 10.5. The lowest BCUT2D eigenvalue weighted by atomic mass is 9.94. The van der Waals surface area contributed by atoms with Gasteiger partial charge in [0.1, 0.15) is 22.5 Å². The molecule has 1 aliphatic rings. The zero-order valence-corrected chi connectivity index (χ0v) is 23.0. The van der Waals surface area contributed by atoms with Crippen molar-refractivity contribution in [3.8, 4) is 11.5 Å². The molecule has 3 aromatic carbocycles. The minimum atomic E-state index is -2.48. The second-order valence-electron chi connectivity index (χ2n) is 9.99. The summed E-state index contributed by atoms with van der Waals surface area (Å²) in [5.74, 6) is 2.03. The Bertz CT molecular complexity index is 1600. The summed E-state index contributed by atoms with van der Waals surface area (Å²) in [5.41, 5.74) is 6.07. The molecule has 5 heteroatoms. The normalized spacial score (nSPS) is 14.9. The van der Waals surface area contributed by atoms with Gasteiger partial charge in [-0.05, 0) is 66.0 Å². The van der Waals surface area contributed by atoms with E-state index < -0.39 is 14.8 Å². The van der Waals surface area contributed by atoms with Crippen LogP contribution in [-0.2, 0) is 0 Å². The van der Waals surface area contributed by atoms with Crippen molar-refractivity contribution in [3.05, 3.63) is 120 Å². The van der Waals surface area contributed by atoms with Gasteiger partial charge < -0.3 is 7.58 Å². The van der Waals surface area contributed by atoms with Crippen molar-refractivity contribution in [2.24, 2.45) is 5.92 Å². The molecule has 0 fully saturated rings. The van der Waals surface area contributed by atoms with E-state index in [1.165, 1.54) is 11.1 Å². The summed E-state index contributed by atoms with van der Waals surface area (Å²) >= 11 is -2.48. The molecule has 1 unspecified atom stereocenters. The van der Waals surface area contributed by atoms with Crippen molar-refractivity contribution < 1.29 is 7.58 Å². The van der Waals surface area contributed by atoms with E-state index in [4.69, 9.17) is 17.5 Å². The van der Waals surface area contributed by atoms with Crippen molar-refractivity contribution in [2.75, 3.05) is 0 Å². The van der Waals surface area contributed by atoms with Crippen molar-refractivity contribution in [2.45, 2.75) is 27.2 Å². The topological polar surface area (TPSA) is 44.2 Å². The van der Waals surface area contributed by atoms with Crippen LogP contribution in [0.15, 0.2) is 103 Å². The Kier molecular flexibility index (Phi) is 6.72. The van der Waals surface area contributed by atoms with E-state index in [9.17, 15) is 0 Å². The van der Waals surface area contributed by atoms with Crippen LogP contribution < -0.4 is 12.0 Å². The summed E-state index contributed by atoms with van der Waals surface area (Å²) in [6, 6.07) is 29.0. The summed E-state index contributed by atoms with van der Waals surface area (Å²) in [7, 11) is 0. The van der Waals surface area contributed by atoms with E-state index in [0.29, 0.717) is 5.92 Å². The number of aromatic nitrogens is 2. The number of pyridine rings is 2. The number of rotatable bonds is 6. The molecule has 0 aliphatic heterocycles. The molecule has 6 rings (SSSR count). The van der Waals surface area contributed by atoms with Gasteiger partial charge in [0, 0.05) is 22.2 Å². The standard InChI is InChI=1S/C13H13.2C10H9NO.Al/c1-11-6-5-9-13(10-11)12-7-3-2-4-8-12;2*1-7-5-6-8-3-2-4-9(12)10(8)11-7;/h3-5,7-11H,6H2,1H3;2*2-6,12H,1H3;/q;;;+2/p-2. The third-order valence-corrected chi connectivity index (χ3v) is 8.76. The lowest BCUT2D eigenvalue weighted by Crippen LogP contribution is -2.42. The first-order valence-electron chi connectivity index (χ1n) is 13.1. The van der Waals surface area contributed by atoms with E-state index >= 15 is 0 Å². The molecule has 2 heterocycles. The second-order valence-corrected chi connectivity index (χ2v) is 11.8. The highest BCUT2D eigenvalue weighted by Gasteiger charge is 2.37. The number of allylic oxidation sites excluding steroid dienone is 4. The van der Waals surface area contributed by atoms with Crippen LogP contribution in [0.2, 0.25) is 0 Å². The first-order valence-corrected chi connectivity index (χ1v) is 14.6. The van der Waals surface area contributed by atoms with Crippen LogP contribution in [0.1, 0.15) is 30.3 Å². The van der Waals surface area contributed by atoms with Gasteiger partial charge in [0.2, 0.25) is 0 Å². The van der Waals surface area contributed by atoms with Crippen LogP contribution in [0, 0.1) is 19.8 Å². The zero-order valence-electron chi connectivity index (χ0n) is 21.9. The van der Waals surface area contributed by atoms with Gasteiger partial charge in [-0.15, -0.1) is 0 Å². The summed E-state index contributed by atoms with van der Waals surface area (Å²) in [6.45, 7) is 6.25. The summed E-state index contributed by atoms with van der Waals surface area (Å²) < 4.78 is 14.6.